The van der Waals surface area contributed by atoms with Gasteiger partial charge in [0.1, 0.15) is 11.4 Å². The van der Waals surface area contributed by atoms with Crippen molar-refractivity contribution in [3.05, 3.63) is 58.9 Å². The van der Waals surface area contributed by atoms with Crippen molar-refractivity contribution >= 4 is 17.5 Å². The number of aryl methyl sites for hydroxylation is 1. The Morgan fingerprint density at radius 2 is 2.27 bits per heavy atom. The van der Waals surface area contributed by atoms with Gasteiger partial charge in [0.2, 0.25) is 5.91 Å². The molecule has 1 fully saturated rings. The van der Waals surface area contributed by atoms with Crippen LogP contribution in [0.4, 0.5) is 0 Å². The lowest BCUT2D eigenvalue weighted by Crippen LogP contribution is -2.34. The van der Waals surface area contributed by atoms with Crippen LogP contribution in [-0.4, -0.2) is 40.6 Å². The normalized spacial score (nSPS) is 19.6. The van der Waals surface area contributed by atoms with E-state index in [1.807, 2.05) is 25.1 Å². The fourth-order valence-corrected chi connectivity index (χ4v) is 3.28. The molecule has 2 heterocycles. The van der Waals surface area contributed by atoms with E-state index < -0.39 is 5.60 Å². The maximum atomic E-state index is 12.4. The third-order valence-electron chi connectivity index (χ3n) is 4.73. The molecule has 1 aliphatic rings. The van der Waals surface area contributed by atoms with Crippen LogP contribution in [0.3, 0.4) is 0 Å². The van der Waals surface area contributed by atoms with Gasteiger partial charge in [0.15, 0.2) is 0 Å². The predicted molar refractivity (Wildman–Crippen MR) is 100 cm³/mol. The fourth-order valence-electron chi connectivity index (χ4n) is 3.16. The number of aliphatic hydroxyl groups is 1. The molecule has 0 radical (unpaired) electrons. The number of likely N-dealkylation sites (tertiary alicyclic amines) is 1. The molecule has 1 amide bonds. The molecule has 3 rings (SSSR count). The number of aromatic nitrogens is 1. The third kappa shape index (κ3) is 4.34. The Balaban J connectivity index is 1.45. The molecule has 0 spiro atoms. The molecule has 2 aromatic rings. The number of halogens is 1. The summed E-state index contributed by atoms with van der Waals surface area (Å²) < 4.78 is 5.68. The molecule has 1 aromatic carbocycles. The molecule has 138 valence electrons. The van der Waals surface area contributed by atoms with E-state index in [9.17, 15) is 9.90 Å². The first kappa shape index (κ1) is 18.7. The zero-order valence-electron chi connectivity index (χ0n) is 14.8. The number of ether oxygens (including phenoxy) is 1. The van der Waals surface area contributed by atoms with E-state index in [0.717, 1.165) is 16.9 Å². The van der Waals surface area contributed by atoms with Crippen molar-refractivity contribution in [3.8, 4) is 5.75 Å². The minimum absolute atomic E-state index is 0.0423. The highest BCUT2D eigenvalue weighted by atomic mass is 35.5. The number of nitrogens with zero attached hydrogens (tertiary/aromatic N) is 2. The SMILES string of the molecule is Cc1cc(OCCCC(=O)N2CCC(O)(c3cccnc3)C2)ccc1Cl. The van der Waals surface area contributed by atoms with Gasteiger partial charge in [0, 0.05) is 35.9 Å². The molecule has 1 N–H and O–H groups in total. The molecule has 6 heteroatoms. The molecule has 0 saturated carbocycles. The van der Waals surface area contributed by atoms with Gasteiger partial charge < -0.3 is 14.7 Å². The van der Waals surface area contributed by atoms with E-state index in [1.165, 1.54) is 0 Å². The first-order valence-electron chi connectivity index (χ1n) is 8.77. The maximum absolute atomic E-state index is 12.4. The van der Waals surface area contributed by atoms with Crippen molar-refractivity contribution in [3.63, 3.8) is 0 Å². The van der Waals surface area contributed by atoms with Gasteiger partial charge in [-0.15, -0.1) is 0 Å². The van der Waals surface area contributed by atoms with Gasteiger partial charge in [-0.2, -0.15) is 0 Å². The van der Waals surface area contributed by atoms with Crippen molar-refractivity contribution in [2.75, 3.05) is 19.7 Å². The largest absolute Gasteiger partial charge is 0.494 e. The van der Waals surface area contributed by atoms with E-state index in [1.54, 1.807) is 29.4 Å². The second-order valence-corrected chi connectivity index (χ2v) is 7.11. The highest BCUT2D eigenvalue weighted by Crippen LogP contribution is 2.31. The number of β-amino-alcohol motifs (C(OH)–C–C–N with tert-alkyl or cyclic N) is 1. The van der Waals surface area contributed by atoms with Crippen LogP contribution >= 0.6 is 11.6 Å². The molecular weight excluding hydrogens is 352 g/mol. The van der Waals surface area contributed by atoms with Crippen LogP contribution in [0.5, 0.6) is 5.75 Å². The highest BCUT2D eigenvalue weighted by Gasteiger charge is 2.39. The smallest absolute Gasteiger partial charge is 0.222 e. The Labute approximate surface area is 158 Å². The molecule has 1 atom stereocenters. The van der Waals surface area contributed by atoms with E-state index in [-0.39, 0.29) is 5.91 Å². The summed E-state index contributed by atoms with van der Waals surface area (Å²) in [5.41, 5.74) is 0.727. The molecule has 1 aliphatic heterocycles. The molecule has 1 saturated heterocycles. The number of pyridine rings is 1. The summed E-state index contributed by atoms with van der Waals surface area (Å²) >= 11 is 5.99. The Kier molecular flexibility index (Phi) is 5.79. The number of hydrogen-bond donors (Lipinski definition) is 1. The van der Waals surface area contributed by atoms with Crippen LogP contribution in [0.2, 0.25) is 5.02 Å². The van der Waals surface area contributed by atoms with Crippen LogP contribution in [0.15, 0.2) is 42.7 Å². The van der Waals surface area contributed by atoms with Crippen LogP contribution in [0.1, 0.15) is 30.4 Å². The van der Waals surface area contributed by atoms with Crippen molar-refractivity contribution in [2.45, 2.75) is 31.8 Å². The molecule has 0 aliphatic carbocycles. The lowest BCUT2D eigenvalue weighted by Gasteiger charge is -2.23. The Morgan fingerprint density at radius 3 is 3.00 bits per heavy atom. The van der Waals surface area contributed by atoms with Gasteiger partial charge in [-0.1, -0.05) is 17.7 Å². The number of hydrogen-bond acceptors (Lipinski definition) is 4. The van der Waals surface area contributed by atoms with Crippen molar-refractivity contribution in [2.24, 2.45) is 0 Å². The minimum Gasteiger partial charge on any atom is -0.494 e. The van der Waals surface area contributed by atoms with Crippen LogP contribution in [0, 0.1) is 6.92 Å². The predicted octanol–water partition coefficient (Wildman–Crippen LogP) is 3.32. The summed E-state index contributed by atoms with van der Waals surface area (Å²) in [7, 11) is 0. The summed E-state index contributed by atoms with van der Waals surface area (Å²) in [5.74, 6) is 0.798. The molecule has 26 heavy (non-hydrogen) atoms. The van der Waals surface area contributed by atoms with E-state index in [0.29, 0.717) is 44.0 Å². The lowest BCUT2D eigenvalue weighted by atomic mass is 9.95. The first-order valence-corrected chi connectivity index (χ1v) is 9.15. The van der Waals surface area contributed by atoms with Crippen LogP contribution in [-0.2, 0) is 10.4 Å². The van der Waals surface area contributed by atoms with Gasteiger partial charge >= 0.3 is 0 Å². The summed E-state index contributed by atoms with van der Waals surface area (Å²) in [6.45, 7) is 3.26. The minimum atomic E-state index is -0.999. The number of amides is 1. The van der Waals surface area contributed by atoms with Gasteiger partial charge in [0.05, 0.1) is 13.2 Å². The average Bonchev–Trinajstić information content (AvgIpc) is 3.06. The molecule has 1 unspecified atom stereocenters. The summed E-state index contributed by atoms with van der Waals surface area (Å²) in [5, 5.41) is 11.5. The second kappa shape index (κ2) is 8.06. The molecule has 5 nitrogen and oxygen atoms in total. The van der Waals surface area contributed by atoms with Gasteiger partial charge in [-0.05, 0) is 49.6 Å². The molecule has 0 bridgehead atoms. The lowest BCUT2D eigenvalue weighted by molar-refractivity contribution is -0.131. The van der Waals surface area contributed by atoms with E-state index in [2.05, 4.69) is 4.98 Å². The average molecular weight is 375 g/mol. The van der Waals surface area contributed by atoms with Crippen LogP contribution in [0.25, 0.3) is 0 Å². The van der Waals surface area contributed by atoms with Gasteiger partial charge in [-0.25, -0.2) is 0 Å². The Hall–Kier alpha value is -2.11. The summed E-state index contributed by atoms with van der Waals surface area (Å²) in [4.78, 5) is 18.2. The zero-order chi connectivity index (χ0) is 18.6. The fraction of sp³-hybridized carbons (Fsp3) is 0.400. The van der Waals surface area contributed by atoms with E-state index in [4.69, 9.17) is 16.3 Å². The second-order valence-electron chi connectivity index (χ2n) is 6.70. The van der Waals surface area contributed by atoms with Gasteiger partial charge in [-0.3, -0.25) is 9.78 Å². The summed E-state index contributed by atoms with van der Waals surface area (Å²) in [6, 6.07) is 9.17. The van der Waals surface area contributed by atoms with Crippen molar-refractivity contribution in [1.29, 1.82) is 0 Å². The Bertz CT molecular complexity index is 769. The number of rotatable bonds is 6. The van der Waals surface area contributed by atoms with Crippen molar-refractivity contribution < 1.29 is 14.6 Å². The van der Waals surface area contributed by atoms with E-state index >= 15 is 0 Å². The monoisotopic (exact) mass is 374 g/mol. The highest BCUT2D eigenvalue weighted by molar-refractivity contribution is 6.31. The molecule has 1 aromatic heterocycles. The number of carbonyl (C=O) groups is 1. The first-order chi connectivity index (χ1) is 12.5. The quantitative estimate of drug-likeness (QED) is 0.788. The van der Waals surface area contributed by atoms with Gasteiger partial charge in [0.25, 0.3) is 0 Å². The maximum Gasteiger partial charge on any atom is 0.222 e. The zero-order valence-corrected chi connectivity index (χ0v) is 15.6. The van der Waals surface area contributed by atoms with Crippen LogP contribution < -0.4 is 4.74 Å². The molecular formula is C20H23ClN2O3. The Morgan fingerprint density at radius 1 is 1.42 bits per heavy atom. The number of benzene rings is 1. The van der Waals surface area contributed by atoms with Crippen molar-refractivity contribution in [1.82, 2.24) is 9.88 Å². The standard InChI is InChI=1S/C20H23ClN2O3/c1-15-12-17(6-7-18(15)21)26-11-3-5-19(24)23-10-8-20(25,14-23)16-4-2-9-22-13-16/h2,4,6-7,9,12-13,25H,3,5,8,10-11,14H2,1H3. The third-order valence-corrected chi connectivity index (χ3v) is 5.16. The number of carbonyl (C=O) groups excluding carboxylic acids is 1. The summed E-state index contributed by atoms with van der Waals surface area (Å²) in [6.07, 6.45) is 4.89. The topological polar surface area (TPSA) is 62.7 Å².